The van der Waals surface area contributed by atoms with Crippen molar-refractivity contribution in [3.63, 3.8) is 0 Å². The van der Waals surface area contributed by atoms with Gasteiger partial charge in [-0.3, -0.25) is 10.1 Å². The highest BCUT2D eigenvalue weighted by molar-refractivity contribution is 7.80. The standard InChI is InChI=1S/C13H11NO2S/c15-14(16)12-9-5-4-8-11(12)13(17)10-6-2-1-3-7-10/h1-9,13,17H. The number of nitro benzene ring substituents is 1. The van der Waals surface area contributed by atoms with Crippen LogP contribution in [-0.2, 0) is 0 Å². The molecule has 1 unspecified atom stereocenters. The van der Waals surface area contributed by atoms with Crippen molar-refractivity contribution in [1.29, 1.82) is 0 Å². The third-order valence-corrected chi connectivity index (χ3v) is 3.12. The van der Waals surface area contributed by atoms with E-state index in [1.165, 1.54) is 6.07 Å². The van der Waals surface area contributed by atoms with Crippen LogP contribution >= 0.6 is 12.6 Å². The van der Waals surface area contributed by atoms with Crippen LogP contribution in [0, 0.1) is 10.1 Å². The highest BCUT2D eigenvalue weighted by atomic mass is 32.1. The van der Waals surface area contributed by atoms with Gasteiger partial charge in [0.05, 0.1) is 10.2 Å². The molecule has 0 saturated carbocycles. The zero-order chi connectivity index (χ0) is 12.3. The van der Waals surface area contributed by atoms with Crippen molar-refractivity contribution in [3.05, 3.63) is 75.8 Å². The van der Waals surface area contributed by atoms with Crippen LogP contribution in [0.4, 0.5) is 5.69 Å². The molecule has 0 heterocycles. The van der Waals surface area contributed by atoms with Crippen LogP contribution in [0.2, 0.25) is 0 Å². The van der Waals surface area contributed by atoms with E-state index in [0.29, 0.717) is 5.56 Å². The monoisotopic (exact) mass is 245 g/mol. The lowest BCUT2D eigenvalue weighted by atomic mass is 10.0. The summed E-state index contributed by atoms with van der Waals surface area (Å²) in [5.41, 5.74) is 1.67. The first-order chi connectivity index (χ1) is 8.20. The van der Waals surface area contributed by atoms with E-state index < -0.39 is 0 Å². The molecule has 0 bridgehead atoms. The molecule has 3 nitrogen and oxygen atoms in total. The van der Waals surface area contributed by atoms with Gasteiger partial charge >= 0.3 is 0 Å². The zero-order valence-electron chi connectivity index (χ0n) is 8.98. The molecule has 0 spiro atoms. The fourth-order valence-corrected chi connectivity index (χ4v) is 2.09. The number of nitro groups is 1. The molecule has 0 N–H and O–H groups in total. The highest BCUT2D eigenvalue weighted by Crippen LogP contribution is 2.33. The first kappa shape index (κ1) is 11.7. The van der Waals surface area contributed by atoms with Gasteiger partial charge in [-0.15, -0.1) is 0 Å². The normalized spacial score (nSPS) is 12.1. The topological polar surface area (TPSA) is 43.1 Å². The van der Waals surface area contributed by atoms with Gasteiger partial charge in [-0.25, -0.2) is 0 Å². The molecule has 0 aliphatic rings. The quantitative estimate of drug-likeness (QED) is 0.510. The van der Waals surface area contributed by atoms with Crippen LogP contribution in [-0.4, -0.2) is 4.92 Å². The van der Waals surface area contributed by atoms with E-state index in [2.05, 4.69) is 12.6 Å². The third-order valence-electron chi connectivity index (χ3n) is 2.54. The summed E-state index contributed by atoms with van der Waals surface area (Å²) in [6, 6.07) is 16.2. The molecule has 86 valence electrons. The molecule has 2 aromatic rings. The minimum Gasteiger partial charge on any atom is -0.258 e. The van der Waals surface area contributed by atoms with Gasteiger partial charge in [-0.05, 0) is 5.56 Å². The fraction of sp³-hybridized carbons (Fsp3) is 0.0769. The highest BCUT2D eigenvalue weighted by Gasteiger charge is 2.19. The second-order valence-corrected chi connectivity index (χ2v) is 4.15. The molecule has 4 heteroatoms. The van der Waals surface area contributed by atoms with Crippen LogP contribution < -0.4 is 0 Å². The van der Waals surface area contributed by atoms with Crippen LogP contribution in [0.5, 0.6) is 0 Å². The number of para-hydroxylation sites is 1. The van der Waals surface area contributed by atoms with Crippen molar-refractivity contribution < 1.29 is 4.92 Å². The van der Waals surface area contributed by atoms with E-state index in [4.69, 9.17) is 0 Å². The van der Waals surface area contributed by atoms with Crippen LogP contribution in [0.3, 0.4) is 0 Å². The molecule has 0 radical (unpaired) electrons. The third kappa shape index (κ3) is 2.47. The van der Waals surface area contributed by atoms with Gasteiger partial charge in [0, 0.05) is 11.6 Å². The Bertz CT molecular complexity index is 528. The molecule has 2 aromatic carbocycles. The van der Waals surface area contributed by atoms with E-state index in [0.717, 1.165) is 5.56 Å². The van der Waals surface area contributed by atoms with Crippen LogP contribution in [0.25, 0.3) is 0 Å². The Morgan fingerprint density at radius 1 is 1.00 bits per heavy atom. The van der Waals surface area contributed by atoms with Crippen molar-refractivity contribution in [3.8, 4) is 0 Å². The van der Waals surface area contributed by atoms with E-state index in [1.54, 1.807) is 18.2 Å². The lowest BCUT2D eigenvalue weighted by Crippen LogP contribution is -1.99. The summed E-state index contributed by atoms with van der Waals surface area (Å²) < 4.78 is 0. The average molecular weight is 245 g/mol. The van der Waals surface area contributed by atoms with Crippen molar-refractivity contribution in [2.45, 2.75) is 5.25 Å². The van der Waals surface area contributed by atoms with Crippen molar-refractivity contribution in [1.82, 2.24) is 0 Å². The Morgan fingerprint density at radius 3 is 2.24 bits per heavy atom. The van der Waals surface area contributed by atoms with Crippen molar-refractivity contribution in [2.75, 3.05) is 0 Å². The first-order valence-corrected chi connectivity index (χ1v) is 5.68. The number of rotatable bonds is 3. The van der Waals surface area contributed by atoms with E-state index in [9.17, 15) is 10.1 Å². The fourth-order valence-electron chi connectivity index (χ4n) is 1.70. The Kier molecular flexibility index (Phi) is 3.44. The largest absolute Gasteiger partial charge is 0.274 e. The summed E-state index contributed by atoms with van der Waals surface area (Å²) in [7, 11) is 0. The molecule has 0 aromatic heterocycles. The average Bonchev–Trinajstić information content (AvgIpc) is 2.39. The smallest absolute Gasteiger partial charge is 0.258 e. The molecule has 0 aliphatic heterocycles. The SMILES string of the molecule is O=[N+]([O-])c1ccccc1C(S)c1ccccc1. The Morgan fingerprint density at radius 2 is 1.59 bits per heavy atom. The molecule has 0 amide bonds. The van der Waals surface area contributed by atoms with E-state index in [1.807, 2.05) is 30.3 Å². The maximum atomic E-state index is 10.9. The van der Waals surface area contributed by atoms with E-state index in [-0.39, 0.29) is 15.9 Å². The molecule has 17 heavy (non-hydrogen) atoms. The van der Waals surface area contributed by atoms with Gasteiger partial charge in [0.25, 0.3) is 5.69 Å². The number of nitrogens with zero attached hydrogens (tertiary/aromatic N) is 1. The minimum atomic E-state index is -0.374. The Balaban J connectivity index is 2.44. The maximum absolute atomic E-state index is 10.9. The van der Waals surface area contributed by atoms with Gasteiger partial charge in [0.15, 0.2) is 0 Å². The van der Waals surface area contributed by atoms with Crippen LogP contribution in [0.15, 0.2) is 54.6 Å². The summed E-state index contributed by atoms with van der Waals surface area (Å²) in [6.07, 6.45) is 0. The van der Waals surface area contributed by atoms with Gasteiger partial charge in [0.1, 0.15) is 0 Å². The summed E-state index contributed by atoms with van der Waals surface area (Å²) >= 11 is 4.47. The van der Waals surface area contributed by atoms with Gasteiger partial charge < -0.3 is 0 Å². The number of benzene rings is 2. The second kappa shape index (κ2) is 5.01. The molecule has 1 atom stereocenters. The minimum absolute atomic E-state index is 0.108. The lowest BCUT2D eigenvalue weighted by molar-refractivity contribution is -0.385. The molecular formula is C13H11NO2S. The summed E-state index contributed by atoms with van der Waals surface area (Å²) in [4.78, 5) is 10.6. The molecular weight excluding hydrogens is 234 g/mol. The number of thiol groups is 1. The Hall–Kier alpha value is -1.81. The number of hydrogen-bond donors (Lipinski definition) is 1. The van der Waals surface area contributed by atoms with Gasteiger partial charge in [-0.1, -0.05) is 48.5 Å². The summed E-state index contributed by atoms with van der Waals surface area (Å²) in [6.45, 7) is 0. The summed E-state index contributed by atoms with van der Waals surface area (Å²) in [5.74, 6) is 0. The van der Waals surface area contributed by atoms with E-state index >= 15 is 0 Å². The zero-order valence-corrected chi connectivity index (χ0v) is 9.88. The molecule has 2 rings (SSSR count). The van der Waals surface area contributed by atoms with Gasteiger partial charge in [0.2, 0.25) is 0 Å². The van der Waals surface area contributed by atoms with Crippen LogP contribution in [0.1, 0.15) is 16.4 Å². The molecule has 0 aliphatic carbocycles. The first-order valence-electron chi connectivity index (χ1n) is 5.16. The number of hydrogen-bond acceptors (Lipinski definition) is 3. The lowest BCUT2D eigenvalue weighted by Gasteiger charge is -2.11. The Labute approximate surface area is 105 Å². The van der Waals surface area contributed by atoms with Gasteiger partial charge in [-0.2, -0.15) is 12.6 Å². The van der Waals surface area contributed by atoms with Crippen molar-refractivity contribution in [2.24, 2.45) is 0 Å². The molecule has 0 fully saturated rings. The summed E-state index contributed by atoms with van der Waals surface area (Å²) in [5, 5.41) is 10.6. The predicted molar refractivity (Wildman–Crippen MR) is 70.4 cm³/mol. The second-order valence-electron chi connectivity index (χ2n) is 3.63. The van der Waals surface area contributed by atoms with Crippen molar-refractivity contribution >= 4 is 18.3 Å². The maximum Gasteiger partial charge on any atom is 0.274 e. The predicted octanol–water partition coefficient (Wildman–Crippen LogP) is 3.61. The molecule has 0 saturated heterocycles.